The van der Waals surface area contributed by atoms with Gasteiger partial charge in [0.2, 0.25) is 11.9 Å². The van der Waals surface area contributed by atoms with Gasteiger partial charge in [-0.3, -0.25) is 9.13 Å². The number of aromatic nitrogens is 8. The van der Waals surface area contributed by atoms with Crippen LogP contribution in [0.2, 0.25) is 0 Å². The highest BCUT2D eigenvalue weighted by molar-refractivity contribution is 6.25. The fourth-order valence-corrected chi connectivity index (χ4v) is 17.7. The minimum absolute atomic E-state index is 0.509. The second-order valence-corrected chi connectivity index (χ2v) is 31.2. The van der Waals surface area contributed by atoms with Crippen LogP contribution in [0, 0.1) is 0 Å². The summed E-state index contributed by atoms with van der Waals surface area (Å²) in [5, 5.41) is 8.42. The van der Waals surface area contributed by atoms with E-state index in [2.05, 4.69) is 422 Å². The van der Waals surface area contributed by atoms with Crippen LogP contribution in [0.1, 0.15) is 0 Å². The summed E-state index contributed by atoms with van der Waals surface area (Å²) in [5.74, 6) is 3.34. The molecule has 24 rings (SSSR count). The molecule has 0 aliphatic carbocycles. The van der Waals surface area contributed by atoms with Gasteiger partial charge in [0.25, 0.3) is 0 Å². The van der Waals surface area contributed by atoms with Crippen LogP contribution < -0.4 is 0 Å². The summed E-state index contributed by atoms with van der Waals surface area (Å²) < 4.78 is 18.7. The summed E-state index contributed by atoms with van der Waals surface area (Å²) in [6, 6.07) is 152. The van der Waals surface area contributed by atoms with Crippen molar-refractivity contribution >= 4 is 87.5 Å². The molecule has 0 N–H and O–H groups in total. The van der Waals surface area contributed by atoms with E-state index in [0.29, 0.717) is 35.2 Å². The van der Waals surface area contributed by atoms with Gasteiger partial charge in [0.15, 0.2) is 34.5 Å². The molecule has 0 atom stereocenters. The van der Waals surface area contributed by atoms with Gasteiger partial charge in [0, 0.05) is 76.5 Å². The van der Waals surface area contributed by atoms with Crippen molar-refractivity contribution in [3.8, 4) is 146 Å². The highest BCUT2D eigenvalue weighted by atomic mass is 16.3. The Bertz CT molecular complexity index is 8040. The average molecular weight is 1590 g/mol. The number of fused-ring (bicyclic) bond motifs is 14. The molecule has 0 radical (unpaired) electrons. The monoisotopic (exact) mass is 1580 g/mol. The first-order chi connectivity index (χ1) is 61.5. The van der Waals surface area contributed by atoms with Crippen molar-refractivity contribution in [2.75, 3.05) is 0 Å². The van der Waals surface area contributed by atoms with Crippen LogP contribution in [0.4, 0.5) is 0 Å². The first-order valence-corrected chi connectivity index (χ1v) is 41.7. The Morgan fingerprint density at radius 3 is 0.758 bits per heavy atom. The Labute approximate surface area is 713 Å². The van der Waals surface area contributed by atoms with Crippen molar-refractivity contribution < 1.29 is 8.83 Å². The quantitative estimate of drug-likeness (QED) is 0.106. The number of furan rings is 2. The zero-order valence-electron chi connectivity index (χ0n) is 67.0. The van der Waals surface area contributed by atoms with Crippen LogP contribution in [0.5, 0.6) is 0 Å². The topological polar surface area (TPSA) is 113 Å². The molecular formula is C114H72N8O2. The van der Waals surface area contributed by atoms with E-state index in [4.69, 9.17) is 38.7 Å². The Hall–Kier alpha value is -16.8. The molecule has 18 aromatic carbocycles. The van der Waals surface area contributed by atoms with E-state index in [1.807, 2.05) is 24.3 Å². The van der Waals surface area contributed by atoms with E-state index in [-0.39, 0.29) is 0 Å². The summed E-state index contributed by atoms with van der Waals surface area (Å²) in [5.41, 5.74) is 28.4. The Morgan fingerprint density at radius 2 is 0.411 bits per heavy atom. The van der Waals surface area contributed by atoms with Gasteiger partial charge in [0.1, 0.15) is 22.2 Å². The van der Waals surface area contributed by atoms with Crippen LogP contribution in [0.3, 0.4) is 0 Å². The third-order valence-corrected chi connectivity index (χ3v) is 23.8. The third kappa shape index (κ3) is 13.1. The molecule has 0 saturated carbocycles. The second-order valence-electron chi connectivity index (χ2n) is 31.2. The predicted octanol–water partition coefficient (Wildman–Crippen LogP) is 29.7. The lowest BCUT2D eigenvalue weighted by Crippen LogP contribution is -2.06. The molecule has 10 heteroatoms. The number of benzene rings is 18. The smallest absolute Gasteiger partial charge is 0.238 e. The summed E-state index contributed by atoms with van der Waals surface area (Å²) in [7, 11) is 0. The van der Waals surface area contributed by atoms with Crippen molar-refractivity contribution in [1.29, 1.82) is 0 Å². The molecule has 124 heavy (non-hydrogen) atoms. The molecule has 10 nitrogen and oxygen atoms in total. The molecule has 6 heterocycles. The lowest BCUT2D eigenvalue weighted by atomic mass is 9.95. The average Bonchev–Trinajstić information content (AvgIpc) is 1.56. The minimum atomic E-state index is 0.509. The number of para-hydroxylation sites is 2. The van der Waals surface area contributed by atoms with Gasteiger partial charge in [-0.05, 0) is 132 Å². The molecule has 0 aliphatic heterocycles. The molecular weight excluding hydrogens is 1510 g/mol. The van der Waals surface area contributed by atoms with E-state index in [9.17, 15) is 0 Å². The molecule has 0 spiro atoms. The fourth-order valence-electron chi connectivity index (χ4n) is 17.7. The number of rotatable bonds is 14. The van der Waals surface area contributed by atoms with Crippen molar-refractivity contribution in [3.05, 3.63) is 437 Å². The molecule has 0 bridgehead atoms. The predicted molar refractivity (Wildman–Crippen MR) is 508 cm³/mol. The lowest BCUT2D eigenvalue weighted by Gasteiger charge is -2.12. The van der Waals surface area contributed by atoms with Gasteiger partial charge in [-0.25, -0.2) is 9.97 Å². The maximum atomic E-state index is 7.19. The van der Waals surface area contributed by atoms with Crippen molar-refractivity contribution in [2.24, 2.45) is 0 Å². The van der Waals surface area contributed by atoms with E-state index < -0.39 is 0 Å². The van der Waals surface area contributed by atoms with Gasteiger partial charge in [0.05, 0.1) is 11.0 Å². The van der Waals surface area contributed by atoms with E-state index in [1.165, 1.54) is 0 Å². The van der Waals surface area contributed by atoms with Gasteiger partial charge in [-0.1, -0.05) is 382 Å². The first kappa shape index (κ1) is 72.4. The van der Waals surface area contributed by atoms with Gasteiger partial charge in [-0.15, -0.1) is 0 Å². The van der Waals surface area contributed by atoms with Crippen LogP contribution in [-0.4, -0.2) is 39.0 Å². The standard InChI is InChI=1S/2C57H36N4O/c1-5-16-37(17-6-1)40-28-30-42(31-29-40)55-58-56(44-25-15-24-43(34-44)38-18-7-2-8-19-38)60-57(59-55)61-51-27-14-13-26-46(51)47-32-33-48-50-36-45(39-20-9-3-10-21-39)35-49(41-22-11-4-12-23-41)53(50)62-54(48)52(47)61;1-5-15-37(16-6-1)40-25-29-43(30-26-40)55-58-56(44-31-27-41(28-32-44)38-17-7-2-8-18-38)60-57(59-55)61-51-24-14-13-23-46(51)47-33-34-48-50-36-45(39-19-9-3-10-20-39)35-49(42-21-11-4-12-22-42)53(50)62-54(48)52(47)61/h2*1-36H. The fraction of sp³-hybridized carbons (Fsp3) is 0. The largest absolute Gasteiger partial charge is 0.453 e. The second kappa shape index (κ2) is 30.8. The molecule has 0 saturated heterocycles. The molecule has 0 unspecified atom stereocenters. The zero-order valence-corrected chi connectivity index (χ0v) is 67.0. The first-order valence-electron chi connectivity index (χ1n) is 41.7. The van der Waals surface area contributed by atoms with E-state index in [0.717, 1.165) is 199 Å². The van der Waals surface area contributed by atoms with Crippen LogP contribution in [0.25, 0.3) is 234 Å². The Balaban J connectivity index is 0.000000143. The van der Waals surface area contributed by atoms with Crippen molar-refractivity contribution in [3.63, 3.8) is 0 Å². The van der Waals surface area contributed by atoms with Gasteiger partial charge < -0.3 is 8.83 Å². The molecule has 580 valence electrons. The maximum Gasteiger partial charge on any atom is 0.238 e. The third-order valence-electron chi connectivity index (χ3n) is 23.8. The SMILES string of the molecule is c1ccc(-c2ccc(-c3nc(-c4ccc(-c5ccccc5)cc4)nc(-n4c5ccccc5c5ccc6c7cc(-c8ccccc8)cc(-c8ccccc8)c7oc6c54)n3)cc2)cc1.c1ccc(-c2ccc(-c3nc(-c4cccc(-c5ccccc5)c4)nc(-n4c5ccccc5c5ccc6c7cc(-c8ccccc8)cc(-c8ccccc8)c7oc6c54)n3)cc2)cc1. The van der Waals surface area contributed by atoms with Crippen LogP contribution in [0.15, 0.2) is 446 Å². The molecule has 0 aliphatic rings. The summed E-state index contributed by atoms with van der Waals surface area (Å²) in [4.78, 5) is 31.7. The van der Waals surface area contributed by atoms with E-state index in [1.54, 1.807) is 0 Å². The van der Waals surface area contributed by atoms with Crippen molar-refractivity contribution in [2.45, 2.75) is 0 Å². The van der Waals surface area contributed by atoms with Crippen LogP contribution in [-0.2, 0) is 0 Å². The Kier molecular flexibility index (Phi) is 18.0. The minimum Gasteiger partial charge on any atom is -0.453 e. The lowest BCUT2D eigenvalue weighted by molar-refractivity contribution is 0.671. The summed E-state index contributed by atoms with van der Waals surface area (Å²) in [6.07, 6.45) is 0. The molecule has 24 aromatic rings. The van der Waals surface area contributed by atoms with Crippen LogP contribution >= 0.6 is 0 Å². The van der Waals surface area contributed by atoms with Gasteiger partial charge >= 0.3 is 0 Å². The highest BCUT2D eigenvalue weighted by Gasteiger charge is 2.28. The van der Waals surface area contributed by atoms with Crippen molar-refractivity contribution in [1.82, 2.24) is 39.0 Å². The molecule has 0 amide bonds. The number of hydrogen-bond donors (Lipinski definition) is 0. The maximum absolute atomic E-state index is 7.19. The van der Waals surface area contributed by atoms with Gasteiger partial charge in [-0.2, -0.15) is 19.9 Å². The summed E-state index contributed by atoms with van der Waals surface area (Å²) in [6.45, 7) is 0. The molecule has 6 aromatic heterocycles. The highest BCUT2D eigenvalue weighted by Crippen LogP contribution is 2.48. The number of hydrogen-bond acceptors (Lipinski definition) is 8. The molecule has 0 fully saturated rings. The number of nitrogens with zero attached hydrogens (tertiary/aromatic N) is 8. The summed E-state index contributed by atoms with van der Waals surface area (Å²) >= 11 is 0. The normalized spacial score (nSPS) is 11.5. The van der Waals surface area contributed by atoms with E-state index >= 15 is 0 Å². The Morgan fingerprint density at radius 1 is 0.153 bits per heavy atom. The zero-order chi connectivity index (χ0) is 82.0.